The molecule has 7 heteroatoms. The number of halogens is 1. The van der Waals surface area contributed by atoms with Gasteiger partial charge in [-0.25, -0.2) is 4.98 Å². The summed E-state index contributed by atoms with van der Waals surface area (Å²) in [5.41, 5.74) is 7.63. The van der Waals surface area contributed by atoms with E-state index in [1.807, 2.05) is 35.2 Å². The van der Waals surface area contributed by atoms with E-state index in [1.165, 1.54) is 0 Å². The Hall–Kier alpha value is -1.89. The van der Waals surface area contributed by atoms with Gasteiger partial charge in [0.2, 0.25) is 11.8 Å². The van der Waals surface area contributed by atoms with Gasteiger partial charge in [0.1, 0.15) is 11.5 Å². The van der Waals surface area contributed by atoms with Crippen LogP contribution in [0.3, 0.4) is 0 Å². The van der Waals surface area contributed by atoms with Crippen molar-refractivity contribution >= 4 is 18.3 Å². The van der Waals surface area contributed by atoms with Gasteiger partial charge in [0.05, 0.1) is 12.6 Å². The number of aliphatic hydroxyl groups excluding tert-OH is 1. The molecule has 1 fully saturated rings. The fourth-order valence-electron chi connectivity index (χ4n) is 3.74. The molecule has 1 saturated carbocycles. The number of hydrogen-bond donors (Lipinski definition) is 2. The molecular formula is C19H24ClN3O3. The molecule has 2 heterocycles. The SMILES string of the molecule is Cl.N[C@@H]1CC[C@H](C(=O)N2CCc3oc(-c4ccccc4)nc3C2)C[C@H]1O. The summed E-state index contributed by atoms with van der Waals surface area (Å²) < 4.78 is 5.89. The van der Waals surface area contributed by atoms with Crippen LogP contribution in [0.4, 0.5) is 0 Å². The standard InChI is InChI=1S/C19H23N3O3.ClH/c20-14-7-6-13(10-16(14)23)19(24)22-9-8-17-15(11-22)21-18(25-17)12-4-2-1-3-5-12;/h1-5,13-14,16,23H,6-11,20H2;1H/t13-,14+,16+;/m0./s1. The Labute approximate surface area is 158 Å². The van der Waals surface area contributed by atoms with Crippen LogP contribution >= 0.6 is 12.4 Å². The summed E-state index contributed by atoms with van der Waals surface area (Å²) >= 11 is 0. The summed E-state index contributed by atoms with van der Waals surface area (Å²) in [6, 6.07) is 9.58. The number of carbonyl (C=O) groups excluding carboxylic acids is 1. The average Bonchev–Trinajstić information content (AvgIpc) is 3.07. The topological polar surface area (TPSA) is 92.6 Å². The lowest BCUT2D eigenvalue weighted by molar-refractivity contribution is -0.139. The Morgan fingerprint density at radius 3 is 2.77 bits per heavy atom. The molecule has 2 aromatic rings. The Bertz CT molecular complexity index is 765. The van der Waals surface area contributed by atoms with Gasteiger partial charge in [-0.2, -0.15) is 0 Å². The summed E-state index contributed by atoms with van der Waals surface area (Å²) in [5, 5.41) is 9.96. The van der Waals surface area contributed by atoms with Crippen LogP contribution in [0.15, 0.2) is 34.7 Å². The van der Waals surface area contributed by atoms with E-state index < -0.39 is 6.10 Å². The first-order chi connectivity index (χ1) is 12.1. The van der Waals surface area contributed by atoms with Crippen molar-refractivity contribution in [1.82, 2.24) is 9.88 Å². The lowest BCUT2D eigenvalue weighted by Gasteiger charge is -2.34. The molecule has 1 aromatic carbocycles. The van der Waals surface area contributed by atoms with E-state index in [0.29, 0.717) is 38.2 Å². The largest absolute Gasteiger partial charge is 0.441 e. The van der Waals surface area contributed by atoms with Crippen molar-refractivity contribution in [2.45, 2.75) is 44.4 Å². The number of oxazole rings is 1. The van der Waals surface area contributed by atoms with E-state index in [4.69, 9.17) is 10.2 Å². The fourth-order valence-corrected chi connectivity index (χ4v) is 3.74. The highest BCUT2D eigenvalue weighted by Gasteiger charge is 2.35. The maximum atomic E-state index is 12.8. The molecule has 0 bridgehead atoms. The van der Waals surface area contributed by atoms with Gasteiger partial charge >= 0.3 is 0 Å². The van der Waals surface area contributed by atoms with Crippen molar-refractivity contribution in [1.29, 1.82) is 0 Å². The minimum absolute atomic E-state index is 0. The van der Waals surface area contributed by atoms with Crippen LogP contribution in [-0.4, -0.2) is 39.6 Å². The van der Waals surface area contributed by atoms with Gasteiger partial charge in [-0.15, -0.1) is 12.4 Å². The van der Waals surface area contributed by atoms with E-state index in [2.05, 4.69) is 4.98 Å². The molecule has 0 radical (unpaired) electrons. The third kappa shape index (κ3) is 3.63. The molecule has 1 aliphatic carbocycles. The van der Waals surface area contributed by atoms with Gasteiger partial charge in [0.15, 0.2) is 0 Å². The molecule has 3 N–H and O–H groups in total. The third-order valence-electron chi connectivity index (χ3n) is 5.28. The number of benzene rings is 1. The zero-order chi connectivity index (χ0) is 17.4. The van der Waals surface area contributed by atoms with Gasteiger partial charge in [0.25, 0.3) is 0 Å². The summed E-state index contributed by atoms with van der Waals surface area (Å²) in [5.74, 6) is 1.44. The number of carbonyl (C=O) groups is 1. The van der Waals surface area contributed by atoms with E-state index in [1.54, 1.807) is 0 Å². The Balaban J connectivity index is 0.00000196. The van der Waals surface area contributed by atoms with Crippen LogP contribution in [0.1, 0.15) is 30.7 Å². The molecule has 4 rings (SSSR count). The number of amides is 1. The predicted octanol–water partition coefficient (Wildman–Crippen LogP) is 2.14. The molecule has 2 aliphatic rings. The highest BCUT2D eigenvalue weighted by atomic mass is 35.5. The van der Waals surface area contributed by atoms with Crippen molar-refractivity contribution in [2.75, 3.05) is 6.54 Å². The highest BCUT2D eigenvalue weighted by Crippen LogP contribution is 2.30. The number of aliphatic hydroxyl groups is 1. The van der Waals surface area contributed by atoms with E-state index >= 15 is 0 Å². The minimum Gasteiger partial charge on any atom is -0.441 e. The second-order valence-electron chi connectivity index (χ2n) is 7.01. The summed E-state index contributed by atoms with van der Waals surface area (Å²) in [7, 11) is 0. The number of hydrogen-bond acceptors (Lipinski definition) is 5. The zero-order valence-corrected chi connectivity index (χ0v) is 15.3. The first kappa shape index (κ1) is 18.9. The van der Waals surface area contributed by atoms with Crippen LogP contribution in [-0.2, 0) is 17.8 Å². The molecule has 6 nitrogen and oxygen atoms in total. The summed E-state index contributed by atoms with van der Waals surface area (Å²) in [4.78, 5) is 19.2. The second kappa shape index (κ2) is 7.78. The summed E-state index contributed by atoms with van der Waals surface area (Å²) in [6.45, 7) is 1.11. The third-order valence-corrected chi connectivity index (χ3v) is 5.28. The lowest BCUT2D eigenvalue weighted by Crippen LogP contribution is -2.46. The number of aromatic nitrogens is 1. The minimum atomic E-state index is -0.584. The number of nitrogens with two attached hydrogens (primary N) is 1. The van der Waals surface area contributed by atoms with Crippen molar-refractivity contribution in [3.8, 4) is 11.5 Å². The molecule has 1 aliphatic heterocycles. The monoisotopic (exact) mass is 377 g/mol. The number of nitrogens with zero attached hydrogens (tertiary/aromatic N) is 2. The zero-order valence-electron chi connectivity index (χ0n) is 14.5. The van der Waals surface area contributed by atoms with Gasteiger partial charge in [0, 0.05) is 30.5 Å². The van der Waals surface area contributed by atoms with E-state index in [0.717, 1.165) is 23.4 Å². The molecule has 1 amide bonds. The maximum Gasteiger partial charge on any atom is 0.226 e. The van der Waals surface area contributed by atoms with Crippen molar-refractivity contribution < 1.29 is 14.3 Å². The van der Waals surface area contributed by atoms with Gasteiger partial charge in [-0.05, 0) is 31.4 Å². The van der Waals surface area contributed by atoms with Crippen molar-refractivity contribution in [2.24, 2.45) is 11.7 Å². The first-order valence-electron chi connectivity index (χ1n) is 8.88. The maximum absolute atomic E-state index is 12.8. The number of fused-ring (bicyclic) bond motifs is 1. The fraction of sp³-hybridized carbons (Fsp3) is 0.474. The van der Waals surface area contributed by atoms with Crippen LogP contribution in [0.2, 0.25) is 0 Å². The smallest absolute Gasteiger partial charge is 0.226 e. The normalized spacial score (nSPS) is 25.3. The molecule has 0 saturated heterocycles. The highest BCUT2D eigenvalue weighted by molar-refractivity contribution is 5.85. The Kier molecular flexibility index (Phi) is 5.65. The quantitative estimate of drug-likeness (QED) is 0.836. The Morgan fingerprint density at radius 2 is 2.04 bits per heavy atom. The van der Waals surface area contributed by atoms with Gasteiger partial charge in [-0.1, -0.05) is 18.2 Å². The predicted molar refractivity (Wildman–Crippen MR) is 99.6 cm³/mol. The molecule has 1 aromatic heterocycles. The van der Waals surface area contributed by atoms with Crippen molar-refractivity contribution in [3.05, 3.63) is 41.8 Å². The summed E-state index contributed by atoms with van der Waals surface area (Å²) in [6.07, 6.45) is 1.99. The van der Waals surface area contributed by atoms with Crippen LogP contribution < -0.4 is 5.73 Å². The second-order valence-corrected chi connectivity index (χ2v) is 7.01. The van der Waals surface area contributed by atoms with Crippen LogP contribution in [0.25, 0.3) is 11.5 Å². The van der Waals surface area contributed by atoms with Gasteiger partial charge in [-0.3, -0.25) is 4.79 Å². The van der Waals surface area contributed by atoms with Crippen molar-refractivity contribution in [3.63, 3.8) is 0 Å². The van der Waals surface area contributed by atoms with E-state index in [-0.39, 0.29) is 30.3 Å². The van der Waals surface area contributed by atoms with Crippen LogP contribution in [0.5, 0.6) is 0 Å². The molecular weight excluding hydrogens is 354 g/mol. The lowest BCUT2D eigenvalue weighted by atomic mass is 9.83. The van der Waals surface area contributed by atoms with E-state index in [9.17, 15) is 9.90 Å². The molecule has 26 heavy (non-hydrogen) atoms. The molecule has 0 unspecified atom stereocenters. The molecule has 3 atom stereocenters. The van der Waals surface area contributed by atoms with Gasteiger partial charge < -0.3 is 20.2 Å². The number of rotatable bonds is 2. The first-order valence-corrected chi connectivity index (χ1v) is 8.88. The molecule has 0 spiro atoms. The Morgan fingerprint density at radius 1 is 1.27 bits per heavy atom. The van der Waals surface area contributed by atoms with Crippen LogP contribution in [0, 0.1) is 5.92 Å². The molecule has 140 valence electrons. The average molecular weight is 378 g/mol.